The van der Waals surface area contributed by atoms with E-state index in [1.807, 2.05) is 13.8 Å². The number of hydrogen-bond donors (Lipinski definition) is 1. The molecule has 0 radical (unpaired) electrons. The maximum Gasteiger partial charge on any atom is 0.142 e. The summed E-state index contributed by atoms with van der Waals surface area (Å²) in [5.41, 5.74) is 1.10. The lowest BCUT2D eigenvalue weighted by Crippen LogP contribution is -1.86. The van der Waals surface area contributed by atoms with E-state index in [2.05, 4.69) is 4.98 Å². The van der Waals surface area contributed by atoms with Crippen molar-refractivity contribution in [3.63, 3.8) is 0 Å². The number of benzene rings is 1. The smallest absolute Gasteiger partial charge is 0.142 e. The molecule has 0 unspecified atom stereocenters. The minimum Gasteiger partial charge on any atom is -0.507 e. The first-order valence-electron chi connectivity index (χ1n) is 5.03. The van der Waals surface area contributed by atoms with E-state index in [0.29, 0.717) is 16.5 Å². The predicted octanol–water partition coefficient (Wildman–Crippen LogP) is 4.07. The molecule has 2 aromatic rings. The molecule has 0 fully saturated rings. The fourth-order valence-electron chi connectivity index (χ4n) is 1.27. The monoisotopic (exact) mass is 241 g/mol. The molecule has 2 nitrogen and oxygen atoms in total. The van der Waals surface area contributed by atoms with Crippen LogP contribution in [0.3, 0.4) is 0 Å². The highest BCUT2D eigenvalue weighted by molar-refractivity contribution is 6.31. The lowest BCUT2D eigenvalue weighted by molar-refractivity contribution is 0.476. The Morgan fingerprint density at radius 3 is 2.56 bits per heavy atom. The van der Waals surface area contributed by atoms with Crippen LogP contribution in [0.1, 0.15) is 19.4 Å². The average Bonchev–Trinajstić information content (AvgIpc) is 2.30. The summed E-state index contributed by atoms with van der Waals surface area (Å²) in [4.78, 5) is 4.03. The summed E-state index contributed by atoms with van der Waals surface area (Å²) in [6, 6.07) is 2.58. The van der Waals surface area contributed by atoms with E-state index < -0.39 is 5.82 Å². The molecule has 0 atom stereocenters. The van der Waals surface area contributed by atoms with Crippen LogP contribution in [0.2, 0.25) is 5.02 Å². The number of rotatable bonds is 0. The maximum atomic E-state index is 13.1. The second kappa shape index (κ2) is 5.12. The summed E-state index contributed by atoms with van der Waals surface area (Å²) in [6.07, 6.45) is 1.52. The van der Waals surface area contributed by atoms with Crippen LogP contribution in [0.5, 0.6) is 5.75 Å². The molecule has 0 amide bonds. The van der Waals surface area contributed by atoms with E-state index in [1.165, 1.54) is 18.3 Å². The first-order chi connectivity index (χ1) is 7.59. The second-order valence-electron chi connectivity index (χ2n) is 3.07. The van der Waals surface area contributed by atoms with Crippen molar-refractivity contribution in [2.24, 2.45) is 0 Å². The summed E-state index contributed by atoms with van der Waals surface area (Å²) in [5.74, 6) is -0.507. The molecule has 1 aromatic carbocycles. The zero-order valence-corrected chi connectivity index (χ0v) is 10.1. The van der Waals surface area contributed by atoms with Crippen LogP contribution in [0.25, 0.3) is 10.9 Å². The van der Waals surface area contributed by atoms with Crippen LogP contribution in [-0.2, 0) is 0 Å². The summed E-state index contributed by atoms with van der Waals surface area (Å²) in [7, 11) is 0. The fourth-order valence-corrected chi connectivity index (χ4v) is 1.43. The summed E-state index contributed by atoms with van der Waals surface area (Å²) in [6.45, 7) is 5.70. The SMILES string of the molecule is CC.Cc1cnc2cc(Cl)c(F)cc2c1O. The molecule has 0 aliphatic carbocycles. The number of hydrogen-bond acceptors (Lipinski definition) is 2. The van der Waals surface area contributed by atoms with Crippen molar-refractivity contribution >= 4 is 22.5 Å². The number of nitrogens with zero attached hydrogens (tertiary/aromatic N) is 1. The number of aromatic hydroxyl groups is 1. The third kappa shape index (κ3) is 2.25. The van der Waals surface area contributed by atoms with Gasteiger partial charge in [0.15, 0.2) is 0 Å². The molecule has 0 aliphatic heterocycles. The minimum absolute atomic E-state index is 0.00764. The van der Waals surface area contributed by atoms with E-state index in [-0.39, 0.29) is 10.8 Å². The normalized spacial score (nSPS) is 9.81. The van der Waals surface area contributed by atoms with Gasteiger partial charge in [0.1, 0.15) is 11.6 Å². The van der Waals surface area contributed by atoms with Gasteiger partial charge in [-0.3, -0.25) is 4.98 Å². The van der Waals surface area contributed by atoms with Crippen LogP contribution in [0.4, 0.5) is 4.39 Å². The van der Waals surface area contributed by atoms with Crippen molar-refractivity contribution in [1.29, 1.82) is 0 Å². The van der Waals surface area contributed by atoms with Crippen molar-refractivity contribution in [3.8, 4) is 5.75 Å². The Balaban J connectivity index is 0.000000606. The van der Waals surface area contributed by atoms with Crippen LogP contribution in [-0.4, -0.2) is 10.1 Å². The molecule has 1 N–H and O–H groups in total. The van der Waals surface area contributed by atoms with Gasteiger partial charge < -0.3 is 5.11 Å². The Morgan fingerprint density at radius 2 is 1.94 bits per heavy atom. The van der Waals surface area contributed by atoms with Gasteiger partial charge in [-0.25, -0.2) is 4.39 Å². The predicted molar refractivity (Wildman–Crippen MR) is 64.5 cm³/mol. The van der Waals surface area contributed by atoms with Crippen LogP contribution in [0.15, 0.2) is 18.3 Å². The van der Waals surface area contributed by atoms with Gasteiger partial charge in [-0.2, -0.15) is 0 Å². The third-order valence-electron chi connectivity index (χ3n) is 2.06. The molecule has 0 aliphatic rings. The quantitative estimate of drug-likeness (QED) is 0.754. The molecular weight excluding hydrogens is 229 g/mol. The molecule has 0 saturated heterocycles. The molecule has 4 heteroatoms. The number of pyridine rings is 1. The van der Waals surface area contributed by atoms with Gasteiger partial charge in [0.05, 0.1) is 10.5 Å². The highest BCUT2D eigenvalue weighted by Crippen LogP contribution is 2.29. The van der Waals surface area contributed by atoms with Gasteiger partial charge in [-0.15, -0.1) is 0 Å². The first-order valence-corrected chi connectivity index (χ1v) is 5.40. The summed E-state index contributed by atoms with van der Waals surface area (Å²) < 4.78 is 13.1. The van der Waals surface area contributed by atoms with Crippen LogP contribution >= 0.6 is 11.6 Å². The molecule has 0 spiro atoms. The Hall–Kier alpha value is -1.35. The standard InChI is InChI=1S/C10H7ClFNO.C2H6/c1-5-4-13-9-3-7(11)8(12)2-6(9)10(5)14;1-2/h2-4H,1H3,(H,13,14);1-2H3. The van der Waals surface area contributed by atoms with Crippen LogP contribution in [0, 0.1) is 12.7 Å². The summed E-state index contributed by atoms with van der Waals surface area (Å²) in [5, 5.41) is 10.0. The van der Waals surface area contributed by atoms with E-state index in [9.17, 15) is 9.50 Å². The Labute approximate surface area is 98.7 Å². The van der Waals surface area contributed by atoms with Gasteiger partial charge in [-0.05, 0) is 19.1 Å². The number of halogens is 2. The molecule has 2 rings (SSSR count). The molecule has 1 aromatic heterocycles. The third-order valence-corrected chi connectivity index (χ3v) is 2.35. The van der Waals surface area contributed by atoms with Gasteiger partial charge in [0.2, 0.25) is 0 Å². The van der Waals surface area contributed by atoms with Crippen molar-refractivity contribution in [1.82, 2.24) is 4.98 Å². The first kappa shape index (κ1) is 12.7. The van der Waals surface area contributed by atoms with Crippen molar-refractivity contribution < 1.29 is 9.50 Å². The van der Waals surface area contributed by atoms with E-state index in [1.54, 1.807) is 6.92 Å². The van der Waals surface area contributed by atoms with Gasteiger partial charge >= 0.3 is 0 Å². The largest absolute Gasteiger partial charge is 0.507 e. The van der Waals surface area contributed by atoms with Gasteiger partial charge in [0.25, 0.3) is 0 Å². The highest BCUT2D eigenvalue weighted by atomic mass is 35.5. The van der Waals surface area contributed by atoms with E-state index in [4.69, 9.17) is 11.6 Å². The second-order valence-corrected chi connectivity index (χ2v) is 3.48. The number of aryl methyl sites for hydroxylation is 1. The molecule has 16 heavy (non-hydrogen) atoms. The van der Waals surface area contributed by atoms with E-state index >= 15 is 0 Å². The lowest BCUT2D eigenvalue weighted by Gasteiger charge is -2.04. The minimum atomic E-state index is -0.554. The summed E-state index contributed by atoms with van der Waals surface area (Å²) >= 11 is 5.58. The van der Waals surface area contributed by atoms with Gasteiger partial charge in [0, 0.05) is 17.1 Å². The van der Waals surface area contributed by atoms with Gasteiger partial charge in [-0.1, -0.05) is 25.4 Å². The Bertz CT molecular complexity index is 514. The molecule has 0 saturated carbocycles. The Morgan fingerprint density at radius 1 is 1.31 bits per heavy atom. The van der Waals surface area contributed by atoms with E-state index in [0.717, 1.165) is 0 Å². The molecular formula is C12H13ClFNO. The number of aromatic nitrogens is 1. The zero-order valence-electron chi connectivity index (χ0n) is 9.38. The van der Waals surface area contributed by atoms with Crippen LogP contribution < -0.4 is 0 Å². The van der Waals surface area contributed by atoms with Crippen molar-refractivity contribution in [2.45, 2.75) is 20.8 Å². The maximum absolute atomic E-state index is 13.1. The molecule has 0 bridgehead atoms. The topological polar surface area (TPSA) is 33.1 Å². The highest BCUT2D eigenvalue weighted by Gasteiger charge is 2.08. The molecule has 86 valence electrons. The number of fused-ring (bicyclic) bond motifs is 1. The Kier molecular flexibility index (Phi) is 4.07. The van der Waals surface area contributed by atoms with Crippen molar-refractivity contribution in [2.75, 3.05) is 0 Å². The molecule has 1 heterocycles. The lowest BCUT2D eigenvalue weighted by atomic mass is 10.1. The van der Waals surface area contributed by atoms with Crippen molar-refractivity contribution in [3.05, 3.63) is 34.7 Å². The average molecular weight is 242 g/mol. The fraction of sp³-hybridized carbons (Fsp3) is 0.250. The zero-order chi connectivity index (χ0) is 12.3.